The van der Waals surface area contributed by atoms with Crippen LogP contribution in [0, 0.1) is 0 Å². The summed E-state index contributed by atoms with van der Waals surface area (Å²) in [6.45, 7) is 8.27. The highest BCUT2D eigenvalue weighted by molar-refractivity contribution is 6.00. The molecule has 0 atom stereocenters. The molecule has 1 N–H and O–H groups in total. The molecule has 0 aromatic rings. The van der Waals surface area contributed by atoms with Gasteiger partial charge in [0.25, 0.3) is 5.91 Å². The predicted octanol–water partition coefficient (Wildman–Crippen LogP) is 13.8. The van der Waals surface area contributed by atoms with Crippen LogP contribution in [0.25, 0.3) is 0 Å². The quantitative estimate of drug-likeness (QED) is 0.0398. The molecule has 300 valence electrons. The molecule has 0 heterocycles. The minimum Gasteiger partial charge on any atom is -0.338 e. The number of unbranched alkanes of at least 4 members (excludes halogenated alkanes) is 18. The van der Waals surface area contributed by atoms with Crippen LogP contribution >= 0.6 is 0 Å². The summed E-state index contributed by atoms with van der Waals surface area (Å²) in [5.41, 5.74) is 1.22. The summed E-state index contributed by atoms with van der Waals surface area (Å²) in [4.78, 5) is 29.6. The first-order valence-electron chi connectivity index (χ1n) is 22.0. The van der Waals surface area contributed by atoms with E-state index in [-0.39, 0.29) is 11.9 Å². The van der Waals surface area contributed by atoms with Crippen molar-refractivity contribution >= 4 is 11.9 Å². The Morgan fingerprint density at radius 3 is 1.31 bits per heavy atom. The maximum absolute atomic E-state index is 13.3. The number of rotatable bonds is 36. The molecule has 5 nitrogen and oxygen atoms in total. The number of nitrogens with one attached hydrogen (secondary N) is 1. The van der Waals surface area contributed by atoms with Crippen molar-refractivity contribution in [1.29, 1.82) is 0 Å². The molecule has 0 aliphatic heterocycles. The molecule has 0 bridgehead atoms. The number of nitrogens with zero attached hydrogens (tertiary/aromatic N) is 2. The first-order chi connectivity index (χ1) is 25.5. The maximum Gasteiger partial charge on any atom is 0.324 e. The van der Waals surface area contributed by atoms with Crippen molar-refractivity contribution in [3.8, 4) is 0 Å². The van der Waals surface area contributed by atoms with Gasteiger partial charge in [0.15, 0.2) is 0 Å². The van der Waals surface area contributed by atoms with Gasteiger partial charge in [-0.05, 0) is 124 Å². The van der Waals surface area contributed by atoms with Crippen LogP contribution in [0.1, 0.15) is 194 Å². The summed E-state index contributed by atoms with van der Waals surface area (Å²) >= 11 is 0. The molecule has 0 aliphatic carbocycles. The molecule has 0 saturated heterocycles. The van der Waals surface area contributed by atoms with E-state index in [0.717, 1.165) is 51.5 Å². The molecule has 0 unspecified atom stereocenters. The van der Waals surface area contributed by atoms with E-state index in [0.29, 0.717) is 13.1 Å². The van der Waals surface area contributed by atoms with Crippen LogP contribution in [0.2, 0.25) is 0 Å². The monoisotopic (exact) mass is 724 g/mol. The summed E-state index contributed by atoms with van der Waals surface area (Å²) in [5, 5.41) is 2.94. The third-order valence-corrected chi connectivity index (χ3v) is 9.61. The highest BCUT2D eigenvalue weighted by Gasteiger charge is 2.18. The van der Waals surface area contributed by atoms with Crippen molar-refractivity contribution in [3.63, 3.8) is 0 Å². The van der Waals surface area contributed by atoms with Crippen molar-refractivity contribution in [2.45, 2.75) is 194 Å². The van der Waals surface area contributed by atoms with Crippen molar-refractivity contribution in [3.05, 3.63) is 60.3 Å². The number of imide groups is 1. The standard InChI is InChI=1S/C47H85N3O2/c1-6-9-11-13-15-17-19-21-23-25-27-29-31-33-35-37-40-45(44-46(51)50(8-3)47(52)48-42-39-43-49(4)5)41-38-36-34-32-30-28-26-24-22-20-18-16-14-12-10-7-2/h15-18,21-24,44H,6-14,19-20,25-43H2,1-5H3,(H,48,52)/b17-15-,18-16-,23-21-,24-22-. The molecule has 0 aromatic heterocycles. The lowest BCUT2D eigenvalue weighted by Gasteiger charge is -2.19. The average molecular weight is 724 g/mol. The number of likely N-dealkylation sites (N-methyl/N-ethyl adjacent to an activating group) is 1. The number of carbonyl (C=O) groups excluding carboxylic acids is 2. The summed E-state index contributed by atoms with van der Waals surface area (Å²) in [6.07, 6.45) is 52.9. The SMILES string of the molecule is CCCCC/C=C\C/C=C\CCCCCCCCC(=CC(=O)N(CC)C(=O)NCCCN(C)C)CCCCCCCC/C=C\C/C=C\CCCCC. The van der Waals surface area contributed by atoms with Crippen LogP contribution < -0.4 is 5.32 Å². The fourth-order valence-electron chi connectivity index (χ4n) is 6.29. The Kier molecular flexibility index (Phi) is 38.0. The second-order valence-corrected chi connectivity index (χ2v) is 14.9. The van der Waals surface area contributed by atoms with Crippen molar-refractivity contribution in [1.82, 2.24) is 15.1 Å². The second kappa shape index (κ2) is 39.8. The van der Waals surface area contributed by atoms with E-state index >= 15 is 0 Å². The zero-order chi connectivity index (χ0) is 38.2. The fraction of sp³-hybridized carbons (Fsp3) is 0.745. The van der Waals surface area contributed by atoms with Gasteiger partial charge in [-0.2, -0.15) is 0 Å². The summed E-state index contributed by atoms with van der Waals surface area (Å²) < 4.78 is 0. The van der Waals surface area contributed by atoms with Crippen LogP contribution in [0.15, 0.2) is 60.3 Å². The lowest BCUT2D eigenvalue weighted by Crippen LogP contribution is -2.43. The molecule has 0 spiro atoms. The van der Waals surface area contributed by atoms with Crippen molar-refractivity contribution in [2.75, 3.05) is 33.7 Å². The van der Waals surface area contributed by atoms with E-state index in [1.54, 1.807) is 6.08 Å². The summed E-state index contributed by atoms with van der Waals surface area (Å²) in [5.74, 6) is -0.164. The van der Waals surface area contributed by atoms with Gasteiger partial charge >= 0.3 is 6.03 Å². The molecule has 5 heteroatoms. The molecule has 0 saturated carbocycles. The Balaban J connectivity index is 4.56. The Bertz CT molecular complexity index is 912. The normalized spacial score (nSPS) is 12.0. The van der Waals surface area contributed by atoms with Crippen molar-refractivity contribution in [2.24, 2.45) is 0 Å². The van der Waals surface area contributed by atoms with E-state index in [1.807, 2.05) is 21.0 Å². The van der Waals surface area contributed by atoms with Gasteiger partial charge in [0.2, 0.25) is 0 Å². The Morgan fingerprint density at radius 1 is 0.500 bits per heavy atom. The van der Waals surface area contributed by atoms with Gasteiger partial charge in [0.1, 0.15) is 0 Å². The zero-order valence-electron chi connectivity index (χ0n) is 35.1. The lowest BCUT2D eigenvalue weighted by atomic mass is 9.98. The smallest absolute Gasteiger partial charge is 0.324 e. The Hall–Kier alpha value is -2.40. The van der Waals surface area contributed by atoms with Gasteiger partial charge in [-0.25, -0.2) is 4.79 Å². The van der Waals surface area contributed by atoms with E-state index in [9.17, 15) is 9.59 Å². The topological polar surface area (TPSA) is 52.7 Å². The minimum atomic E-state index is -0.274. The molecule has 0 aliphatic rings. The number of hydrogen-bond acceptors (Lipinski definition) is 3. The molecule has 52 heavy (non-hydrogen) atoms. The van der Waals surface area contributed by atoms with Gasteiger partial charge in [-0.15, -0.1) is 0 Å². The number of amides is 3. The van der Waals surface area contributed by atoms with Gasteiger partial charge in [-0.3, -0.25) is 9.69 Å². The number of urea groups is 1. The molecule has 0 aromatic carbocycles. The van der Waals surface area contributed by atoms with E-state index < -0.39 is 0 Å². The van der Waals surface area contributed by atoms with E-state index in [4.69, 9.17) is 0 Å². The fourth-order valence-corrected chi connectivity index (χ4v) is 6.29. The maximum atomic E-state index is 13.3. The molecule has 0 radical (unpaired) electrons. The van der Waals surface area contributed by atoms with Crippen LogP contribution in [0.3, 0.4) is 0 Å². The molecule has 3 amide bonds. The summed E-state index contributed by atoms with van der Waals surface area (Å²) in [6, 6.07) is -0.274. The van der Waals surface area contributed by atoms with Gasteiger partial charge in [0, 0.05) is 19.2 Å². The second-order valence-electron chi connectivity index (χ2n) is 14.9. The number of carbonyl (C=O) groups is 2. The van der Waals surface area contributed by atoms with Crippen LogP contribution in [-0.2, 0) is 4.79 Å². The largest absolute Gasteiger partial charge is 0.338 e. The van der Waals surface area contributed by atoms with Gasteiger partial charge in [-0.1, -0.05) is 145 Å². The number of hydrogen-bond donors (Lipinski definition) is 1. The van der Waals surface area contributed by atoms with E-state index in [1.165, 1.54) is 139 Å². The van der Waals surface area contributed by atoms with Crippen LogP contribution in [-0.4, -0.2) is 55.5 Å². The average Bonchev–Trinajstić information content (AvgIpc) is 3.13. The van der Waals surface area contributed by atoms with E-state index in [2.05, 4.69) is 72.7 Å². The van der Waals surface area contributed by atoms with Crippen LogP contribution in [0.5, 0.6) is 0 Å². The molecule has 0 fully saturated rings. The third-order valence-electron chi connectivity index (χ3n) is 9.61. The molecular weight excluding hydrogens is 639 g/mol. The first-order valence-corrected chi connectivity index (χ1v) is 22.0. The molecule has 0 rings (SSSR count). The minimum absolute atomic E-state index is 0.164. The number of allylic oxidation sites excluding steroid dienone is 9. The van der Waals surface area contributed by atoms with Gasteiger partial charge in [0.05, 0.1) is 0 Å². The Morgan fingerprint density at radius 2 is 0.904 bits per heavy atom. The summed E-state index contributed by atoms with van der Waals surface area (Å²) in [7, 11) is 4.06. The highest BCUT2D eigenvalue weighted by atomic mass is 16.2. The lowest BCUT2D eigenvalue weighted by molar-refractivity contribution is -0.123. The highest BCUT2D eigenvalue weighted by Crippen LogP contribution is 2.20. The van der Waals surface area contributed by atoms with Crippen molar-refractivity contribution < 1.29 is 9.59 Å². The predicted molar refractivity (Wildman–Crippen MR) is 230 cm³/mol. The van der Waals surface area contributed by atoms with Gasteiger partial charge < -0.3 is 10.2 Å². The first kappa shape index (κ1) is 49.6. The third kappa shape index (κ3) is 34.7. The Labute approximate surface area is 323 Å². The molecular formula is C47H85N3O2. The van der Waals surface area contributed by atoms with Crippen LogP contribution in [0.4, 0.5) is 4.79 Å². The zero-order valence-corrected chi connectivity index (χ0v) is 35.1.